The fourth-order valence-electron chi connectivity index (χ4n) is 5.18. The topological polar surface area (TPSA) is 20.2 Å². The van der Waals surface area contributed by atoms with Gasteiger partial charge in [-0.1, -0.05) is 170 Å². The number of hydrogen-bond acceptors (Lipinski definition) is 1. The third-order valence-corrected chi connectivity index (χ3v) is 12.0. The molecule has 3 heteroatoms. The lowest BCUT2D eigenvalue weighted by Gasteiger charge is -2.27. The first-order valence-electron chi connectivity index (χ1n) is 13.5. The number of rotatable bonds is 8. The summed E-state index contributed by atoms with van der Waals surface area (Å²) in [6.07, 6.45) is -0.762. The fourth-order valence-corrected chi connectivity index (χ4v) is 10.1. The van der Waals surface area contributed by atoms with Crippen LogP contribution in [0.25, 0.3) is 0 Å². The van der Waals surface area contributed by atoms with Gasteiger partial charge in [-0.3, -0.25) is 0 Å². The van der Waals surface area contributed by atoms with E-state index in [1.807, 2.05) is 12.1 Å². The van der Waals surface area contributed by atoms with Gasteiger partial charge in [0.05, 0.1) is 0 Å². The van der Waals surface area contributed by atoms with Gasteiger partial charge in [0.1, 0.15) is 6.10 Å². The molecule has 40 heavy (non-hydrogen) atoms. The molecule has 194 valence electrons. The van der Waals surface area contributed by atoms with Crippen LogP contribution < -0.4 is 31.8 Å². The van der Waals surface area contributed by atoms with E-state index in [-0.39, 0.29) is 0 Å². The molecular formula is C37H30OP2. The molecule has 6 aromatic rings. The zero-order valence-corrected chi connectivity index (χ0v) is 23.9. The molecule has 0 atom stereocenters. The minimum Gasteiger partial charge on any atom is -0.384 e. The van der Waals surface area contributed by atoms with Crippen molar-refractivity contribution in [3.05, 3.63) is 181 Å². The Labute approximate surface area is 239 Å². The Morgan fingerprint density at radius 3 is 0.875 bits per heavy atom. The van der Waals surface area contributed by atoms with Crippen molar-refractivity contribution in [2.75, 3.05) is 0 Å². The van der Waals surface area contributed by atoms with Crippen molar-refractivity contribution in [2.24, 2.45) is 0 Å². The van der Waals surface area contributed by atoms with Gasteiger partial charge in [-0.25, -0.2) is 0 Å². The van der Waals surface area contributed by atoms with Crippen molar-refractivity contribution in [1.29, 1.82) is 0 Å². The number of aliphatic hydroxyl groups is 1. The molecule has 0 radical (unpaired) electrons. The average molecular weight is 553 g/mol. The quantitative estimate of drug-likeness (QED) is 0.220. The Balaban J connectivity index is 1.51. The minimum atomic E-state index is -0.857. The van der Waals surface area contributed by atoms with E-state index in [9.17, 15) is 5.11 Å². The smallest absolute Gasteiger partial charge is 0.105 e. The zero-order valence-electron chi connectivity index (χ0n) is 22.1. The maximum atomic E-state index is 12.3. The van der Waals surface area contributed by atoms with Gasteiger partial charge in [-0.05, 0) is 58.8 Å². The Morgan fingerprint density at radius 1 is 0.325 bits per heavy atom. The molecule has 0 bridgehead atoms. The molecule has 0 fully saturated rings. The van der Waals surface area contributed by atoms with Crippen LogP contribution in [-0.2, 0) is 0 Å². The van der Waals surface area contributed by atoms with Crippen LogP contribution in [0, 0.1) is 0 Å². The first kappa shape index (κ1) is 26.4. The largest absolute Gasteiger partial charge is 0.384 e. The van der Waals surface area contributed by atoms with Crippen molar-refractivity contribution in [2.45, 2.75) is 6.10 Å². The summed E-state index contributed by atoms with van der Waals surface area (Å²) in [5, 5.41) is 19.7. The summed E-state index contributed by atoms with van der Waals surface area (Å²) in [6, 6.07) is 59.7. The molecule has 0 amide bonds. The molecule has 0 heterocycles. The molecule has 0 saturated carbocycles. The van der Waals surface area contributed by atoms with E-state index in [2.05, 4.69) is 158 Å². The van der Waals surface area contributed by atoms with Crippen molar-refractivity contribution in [3.63, 3.8) is 0 Å². The third-order valence-electron chi connectivity index (χ3n) is 7.00. The molecule has 0 spiro atoms. The van der Waals surface area contributed by atoms with E-state index in [1.54, 1.807) is 0 Å². The Hall–Kier alpha value is -3.86. The summed E-state index contributed by atoms with van der Waals surface area (Å²) in [5.74, 6) is 0. The lowest BCUT2D eigenvalue weighted by atomic mass is 10.0. The first-order chi connectivity index (χ1) is 19.8. The number of benzene rings is 6. The lowest BCUT2D eigenvalue weighted by molar-refractivity contribution is 0.222. The van der Waals surface area contributed by atoms with E-state index >= 15 is 0 Å². The van der Waals surface area contributed by atoms with Gasteiger partial charge in [0, 0.05) is 0 Å². The minimum absolute atomic E-state index is 0.762. The predicted molar refractivity (Wildman–Crippen MR) is 174 cm³/mol. The molecule has 6 rings (SSSR count). The van der Waals surface area contributed by atoms with Crippen molar-refractivity contribution in [3.8, 4) is 0 Å². The first-order valence-corrected chi connectivity index (χ1v) is 16.2. The molecule has 1 N–H and O–H groups in total. The highest BCUT2D eigenvalue weighted by molar-refractivity contribution is 7.80. The summed E-state index contributed by atoms with van der Waals surface area (Å²) < 4.78 is 0. The second-order valence-corrected chi connectivity index (χ2v) is 13.9. The van der Waals surface area contributed by atoms with Gasteiger partial charge in [0.2, 0.25) is 0 Å². The lowest BCUT2D eigenvalue weighted by Crippen LogP contribution is -2.28. The normalized spacial score (nSPS) is 11.3. The van der Waals surface area contributed by atoms with Crippen molar-refractivity contribution in [1.82, 2.24) is 0 Å². The summed E-state index contributed by atoms with van der Waals surface area (Å²) in [4.78, 5) is 0. The summed E-state index contributed by atoms with van der Waals surface area (Å²) in [7, 11) is -1.71. The van der Waals surface area contributed by atoms with E-state index < -0.39 is 21.9 Å². The molecule has 0 aliphatic rings. The molecule has 0 aromatic heterocycles. The standard InChI is InChI=1S/C37H30OP2/c38-37(33-25-13-15-27-35(33)39(29-17-5-1-6-18-29)30-19-7-2-8-20-30)34-26-14-16-28-36(34)40(31-21-9-3-10-22-31)32-23-11-4-12-24-32/h1-28,37-38H. The predicted octanol–water partition coefficient (Wildman–Crippen LogP) is 6.28. The van der Waals surface area contributed by atoms with Crippen molar-refractivity contribution < 1.29 is 5.11 Å². The number of hydrogen-bond donors (Lipinski definition) is 1. The molecule has 0 aliphatic carbocycles. The van der Waals surface area contributed by atoms with E-state index in [1.165, 1.54) is 31.8 Å². The number of aliphatic hydroxyl groups excluding tert-OH is 1. The van der Waals surface area contributed by atoms with Crippen LogP contribution in [0.3, 0.4) is 0 Å². The van der Waals surface area contributed by atoms with Gasteiger partial charge < -0.3 is 5.11 Å². The average Bonchev–Trinajstić information content (AvgIpc) is 3.04. The SMILES string of the molecule is OC(c1ccccc1P(c1ccccc1)c1ccccc1)c1ccccc1P(c1ccccc1)c1ccccc1. The van der Waals surface area contributed by atoms with Crippen LogP contribution in [0.4, 0.5) is 0 Å². The van der Waals surface area contributed by atoms with Gasteiger partial charge in [0.15, 0.2) is 0 Å². The van der Waals surface area contributed by atoms with Crippen LogP contribution in [0.5, 0.6) is 0 Å². The van der Waals surface area contributed by atoms with Crippen LogP contribution in [0.15, 0.2) is 170 Å². The maximum absolute atomic E-state index is 12.3. The maximum Gasteiger partial charge on any atom is 0.105 e. The monoisotopic (exact) mass is 552 g/mol. The Kier molecular flexibility index (Phi) is 8.27. The van der Waals surface area contributed by atoms with Gasteiger partial charge in [0.25, 0.3) is 0 Å². The Bertz CT molecular complexity index is 1450. The highest BCUT2D eigenvalue weighted by atomic mass is 31.1. The third kappa shape index (κ3) is 5.56. The second kappa shape index (κ2) is 12.5. The molecule has 0 unspecified atom stereocenters. The summed E-state index contributed by atoms with van der Waals surface area (Å²) in [5.41, 5.74) is 1.93. The zero-order chi connectivity index (χ0) is 27.1. The molecular weight excluding hydrogens is 522 g/mol. The van der Waals surface area contributed by atoms with Crippen LogP contribution in [0.2, 0.25) is 0 Å². The molecule has 1 nitrogen and oxygen atoms in total. The van der Waals surface area contributed by atoms with Gasteiger partial charge in [-0.15, -0.1) is 0 Å². The van der Waals surface area contributed by atoms with Crippen LogP contribution in [-0.4, -0.2) is 5.11 Å². The van der Waals surface area contributed by atoms with E-state index in [4.69, 9.17) is 0 Å². The molecule has 6 aromatic carbocycles. The summed E-state index contributed by atoms with van der Waals surface area (Å²) in [6.45, 7) is 0. The highest BCUT2D eigenvalue weighted by Gasteiger charge is 2.27. The molecule has 0 aliphatic heterocycles. The Morgan fingerprint density at radius 2 is 0.575 bits per heavy atom. The second-order valence-electron chi connectivity index (χ2n) is 9.53. The van der Waals surface area contributed by atoms with Gasteiger partial charge in [-0.2, -0.15) is 0 Å². The van der Waals surface area contributed by atoms with Gasteiger partial charge >= 0.3 is 0 Å². The van der Waals surface area contributed by atoms with Crippen LogP contribution in [0.1, 0.15) is 17.2 Å². The molecule has 0 saturated heterocycles. The van der Waals surface area contributed by atoms with Crippen LogP contribution >= 0.6 is 15.8 Å². The highest BCUT2D eigenvalue weighted by Crippen LogP contribution is 2.39. The fraction of sp³-hybridized carbons (Fsp3) is 0.0270. The van der Waals surface area contributed by atoms with E-state index in [0.29, 0.717) is 0 Å². The van der Waals surface area contributed by atoms with Crippen molar-refractivity contribution >= 4 is 47.7 Å². The van der Waals surface area contributed by atoms with E-state index in [0.717, 1.165) is 11.1 Å². The summed E-state index contributed by atoms with van der Waals surface area (Å²) >= 11 is 0.